The predicted octanol–water partition coefficient (Wildman–Crippen LogP) is 3.31. The maximum atomic E-state index is 12.3. The SMILES string of the molecule is O=C(NCCc1ccccc1)c1ccnc(C(=O)Nc2ccccc2)c1. The molecule has 0 aliphatic rings. The first-order valence-corrected chi connectivity index (χ1v) is 8.37. The van der Waals surface area contributed by atoms with E-state index in [4.69, 9.17) is 0 Å². The molecule has 0 unspecified atom stereocenters. The fourth-order valence-electron chi connectivity index (χ4n) is 2.48. The lowest BCUT2D eigenvalue weighted by Gasteiger charge is -2.07. The molecule has 2 N–H and O–H groups in total. The summed E-state index contributed by atoms with van der Waals surface area (Å²) in [7, 11) is 0. The number of pyridine rings is 1. The predicted molar refractivity (Wildman–Crippen MR) is 101 cm³/mol. The molecule has 2 aromatic carbocycles. The zero-order valence-corrected chi connectivity index (χ0v) is 14.2. The number of hydrogen-bond donors (Lipinski definition) is 2. The van der Waals surface area contributed by atoms with E-state index in [9.17, 15) is 9.59 Å². The van der Waals surface area contributed by atoms with Crippen molar-refractivity contribution in [3.05, 3.63) is 95.8 Å². The van der Waals surface area contributed by atoms with Crippen molar-refractivity contribution in [2.45, 2.75) is 6.42 Å². The summed E-state index contributed by atoms with van der Waals surface area (Å²) < 4.78 is 0. The third kappa shape index (κ3) is 4.77. The molecule has 0 saturated carbocycles. The van der Waals surface area contributed by atoms with Gasteiger partial charge in [0.2, 0.25) is 0 Å². The molecule has 5 heteroatoms. The van der Waals surface area contributed by atoms with E-state index in [1.54, 1.807) is 18.2 Å². The van der Waals surface area contributed by atoms with E-state index in [0.29, 0.717) is 17.8 Å². The molecule has 0 saturated heterocycles. The number of para-hydroxylation sites is 1. The molecule has 1 aromatic heterocycles. The Bertz CT molecular complexity index is 880. The second-order valence-corrected chi connectivity index (χ2v) is 5.74. The molecule has 5 nitrogen and oxygen atoms in total. The zero-order chi connectivity index (χ0) is 18.2. The average Bonchev–Trinajstić information content (AvgIpc) is 2.69. The van der Waals surface area contributed by atoms with Crippen molar-refractivity contribution in [1.82, 2.24) is 10.3 Å². The maximum absolute atomic E-state index is 12.3. The highest BCUT2D eigenvalue weighted by molar-refractivity contribution is 6.04. The summed E-state index contributed by atoms with van der Waals surface area (Å²) in [6, 6.07) is 22.1. The van der Waals surface area contributed by atoms with Gasteiger partial charge in [0.25, 0.3) is 11.8 Å². The van der Waals surface area contributed by atoms with Crippen LogP contribution >= 0.6 is 0 Å². The maximum Gasteiger partial charge on any atom is 0.274 e. The molecular formula is C21H19N3O2. The van der Waals surface area contributed by atoms with Gasteiger partial charge in [-0.25, -0.2) is 0 Å². The van der Waals surface area contributed by atoms with E-state index in [-0.39, 0.29) is 17.5 Å². The Balaban J connectivity index is 1.59. The highest BCUT2D eigenvalue weighted by Crippen LogP contribution is 2.09. The van der Waals surface area contributed by atoms with Crippen molar-refractivity contribution >= 4 is 17.5 Å². The molecule has 0 aliphatic carbocycles. The standard InChI is InChI=1S/C21H19N3O2/c25-20(23-13-11-16-7-3-1-4-8-16)17-12-14-22-19(15-17)21(26)24-18-9-5-2-6-10-18/h1-10,12,14-15H,11,13H2,(H,23,25)(H,24,26). The van der Waals surface area contributed by atoms with Gasteiger partial charge in [-0.2, -0.15) is 0 Å². The molecule has 3 rings (SSSR count). The molecule has 26 heavy (non-hydrogen) atoms. The molecule has 3 aromatic rings. The van der Waals surface area contributed by atoms with Gasteiger partial charge in [-0.3, -0.25) is 14.6 Å². The third-order valence-electron chi connectivity index (χ3n) is 3.83. The van der Waals surface area contributed by atoms with Gasteiger partial charge in [0.1, 0.15) is 5.69 Å². The molecule has 0 atom stereocenters. The summed E-state index contributed by atoms with van der Waals surface area (Å²) in [6.45, 7) is 0.525. The molecule has 0 spiro atoms. The van der Waals surface area contributed by atoms with Crippen LogP contribution in [0, 0.1) is 0 Å². The minimum absolute atomic E-state index is 0.199. The van der Waals surface area contributed by atoms with E-state index in [1.807, 2.05) is 48.5 Å². The summed E-state index contributed by atoms with van der Waals surface area (Å²) in [6.07, 6.45) is 2.21. The Morgan fingerprint density at radius 3 is 2.27 bits per heavy atom. The van der Waals surface area contributed by atoms with Crippen LogP contribution in [0.15, 0.2) is 79.0 Å². The Kier molecular flexibility index (Phi) is 5.72. The Morgan fingerprint density at radius 1 is 0.846 bits per heavy atom. The first-order valence-electron chi connectivity index (χ1n) is 8.37. The van der Waals surface area contributed by atoms with Crippen LogP contribution < -0.4 is 10.6 Å². The van der Waals surface area contributed by atoms with Crippen molar-refractivity contribution < 1.29 is 9.59 Å². The smallest absolute Gasteiger partial charge is 0.274 e. The summed E-state index contributed by atoms with van der Waals surface area (Å²) in [4.78, 5) is 28.6. The number of carbonyl (C=O) groups excluding carboxylic acids is 2. The first-order chi connectivity index (χ1) is 12.7. The highest BCUT2D eigenvalue weighted by Gasteiger charge is 2.12. The van der Waals surface area contributed by atoms with Gasteiger partial charge in [-0.1, -0.05) is 48.5 Å². The number of rotatable bonds is 6. The number of aromatic nitrogens is 1. The molecular weight excluding hydrogens is 326 g/mol. The van der Waals surface area contributed by atoms with Crippen LogP contribution in [-0.2, 0) is 6.42 Å². The van der Waals surface area contributed by atoms with Gasteiger partial charge >= 0.3 is 0 Å². The number of nitrogens with zero attached hydrogens (tertiary/aromatic N) is 1. The minimum Gasteiger partial charge on any atom is -0.352 e. The van der Waals surface area contributed by atoms with Gasteiger partial charge in [-0.15, -0.1) is 0 Å². The lowest BCUT2D eigenvalue weighted by Crippen LogP contribution is -2.26. The number of hydrogen-bond acceptors (Lipinski definition) is 3. The first kappa shape index (κ1) is 17.4. The second kappa shape index (κ2) is 8.58. The van der Waals surface area contributed by atoms with Crippen LogP contribution in [0.1, 0.15) is 26.4 Å². The van der Waals surface area contributed by atoms with E-state index >= 15 is 0 Å². The number of nitrogens with one attached hydrogen (secondary N) is 2. The van der Waals surface area contributed by atoms with Crippen LogP contribution in [0.5, 0.6) is 0 Å². The largest absolute Gasteiger partial charge is 0.352 e. The number of carbonyl (C=O) groups is 2. The van der Waals surface area contributed by atoms with E-state index in [2.05, 4.69) is 15.6 Å². The molecule has 1 heterocycles. The normalized spacial score (nSPS) is 10.2. The van der Waals surface area contributed by atoms with Crippen molar-refractivity contribution in [2.24, 2.45) is 0 Å². The van der Waals surface area contributed by atoms with Crippen molar-refractivity contribution in [2.75, 3.05) is 11.9 Å². The van der Waals surface area contributed by atoms with E-state index in [1.165, 1.54) is 12.3 Å². The second-order valence-electron chi connectivity index (χ2n) is 5.74. The van der Waals surface area contributed by atoms with Gasteiger partial charge < -0.3 is 10.6 Å². The highest BCUT2D eigenvalue weighted by atomic mass is 16.2. The lowest BCUT2D eigenvalue weighted by molar-refractivity contribution is 0.0954. The van der Waals surface area contributed by atoms with Crippen LogP contribution in [0.3, 0.4) is 0 Å². The van der Waals surface area contributed by atoms with Crippen molar-refractivity contribution in [3.63, 3.8) is 0 Å². The van der Waals surface area contributed by atoms with Crippen LogP contribution in [0.2, 0.25) is 0 Å². The van der Waals surface area contributed by atoms with Crippen molar-refractivity contribution in [3.8, 4) is 0 Å². The minimum atomic E-state index is -0.352. The number of benzene rings is 2. The molecule has 0 radical (unpaired) electrons. The zero-order valence-electron chi connectivity index (χ0n) is 14.2. The summed E-state index contributed by atoms with van der Waals surface area (Å²) in [5, 5.41) is 5.62. The molecule has 0 aliphatic heterocycles. The molecule has 2 amide bonds. The molecule has 0 bridgehead atoms. The van der Waals surface area contributed by atoms with Gasteiger partial charge in [0, 0.05) is 24.0 Å². The Labute approximate surface area is 152 Å². The molecule has 0 fully saturated rings. The summed E-state index contributed by atoms with van der Waals surface area (Å²) in [5.74, 6) is -0.577. The van der Waals surface area contributed by atoms with E-state index < -0.39 is 0 Å². The number of amides is 2. The summed E-state index contributed by atoms with van der Waals surface area (Å²) in [5.41, 5.74) is 2.44. The Morgan fingerprint density at radius 2 is 1.54 bits per heavy atom. The summed E-state index contributed by atoms with van der Waals surface area (Å²) >= 11 is 0. The fraction of sp³-hybridized carbons (Fsp3) is 0.0952. The average molecular weight is 345 g/mol. The number of anilines is 1. The lowest BCUT2D eigenvalue weighted by atomic mass is 10.1. The van der Waals surface area contributed by atoms with Gasteiger partial charge in [-0.05, 0) is 36.2 Å². The van der Waals surface area contributed by atoms with Gasteiger partial charge in [0.15, 0.2) is 0 Å². The van der Waals surface area contributed by atoms with Crippen LogP contribution in [0.25, 0.3) is 0 Å². The van der Waals surface area contributed by atoms with E-state index in [0.717, 1.165) is 12.0 Å². The van der Waals surface area contributed by atoms with Gasteiger partial charge in [0.05, 0.1) is 0 Å². The monoisotopic (exact) mass is 345 g/mol. The molecule has 130 valence electrons. The quantitative estimate of drug-likeness (QED) is 0.720. The fourth-order valence-corrected chi connectivity index (χ4v) is 2.48. The Hall–Kier alpha value is -3.47. The van der Waals surface area contributed by atoms with Crippen LogP contribution in [-0.4, -0.2) is 23.3 Å². The third-order valence-corrected chi connectivity index (χ3v) is 3.83. The topological polar surface area (TPSA) is 71.1 Å². The van der Waals surface area contributed by atoms with Crippen LogP contribution in [0.4, 0.5) is 5.69 Å². The van der Waals surface area contributed by atoms with Crippen molar-refractivity contribution in [1.29, 1.82) is 0 Å².